The van der Waals surface area contributed by atoms with Crippen LogP contribution in [0.4, 0.5) is 11.4 Å². The first kappa shape index (κ1) is 9.28. The Labute approximate surface area is 95.1 Å². The van der Waals surface area contributed by atoms with E-state index in [4.69, 9.17) is 4.74 Å². The minimum Gasteiger partial charge on any atom is -0.490 e. The highest BCUT2D eigenvalue weighted by atomic mass is 16.5. The first-order chi connectivity index (χ1) is 7.95. The zero-order chi connectivity index (χ0) is 10.8. The Morgan fingerprint density at radius 1 is 0.875 bits per heavy atom. The van der Waals surface area contributed by atoms with Crippen LogP contribution < -0.4 is 9.64 Å². The third-order valence-corrected chi connectivity index (χ3v) is 2.80. The Hall–Kier alpha value is -1.96. The molecule has 0 saturated carbocycles. The fraction of sp³-hybridized carbons (Fsp3) is 0.143. The Morgan fingerprint density at radius 2 is 1.62 bits per heavy atom. The monoisotopic (exact) mass is 211 g/mol. The van der Waals surface area contributed by atoms with E-state index in [2.05, 4.69) is 35.2 Å². The molecule has 16 heavy (non-hydrogen) atoms. The van der Waals surface area contributed by atoms with E-state index in [1.165, 1.54) is 5.69 Å². The Balaban J connectivity index is 2.05. The van der Waals surface area contributed by atoms with Gasteiger partial charge in [0.25, 0.3) is 0 Å². The Kier molecular flexibility index (Phi) is 2.26. The first-order valence-electron chi connectivity index (χ1n) is 5.49. The van der Waals surface area contributed by atoms with Gasteiger partial charge in [0, 0.05) is 5.69 Å². The maximum absolute atomic E-state index is 5.63. The number of hydrogen-bond acceptors (Lipinski definition) is 2. The Bertz CT molecular complexity index is 481. The van der Waals surface area contributed by atoms with Gasteiger partial charge in [0.05, 0.1) is 12.2 Å². The van der Waals surface area contributed by atoms with Crippen LogP contribution in [0.15, 0.2) is 54.6 Å². The molecule has 2 aromatic carbocycles. The summed E-state index contributed by atoms with van der Waals surface area (Å²) < 4.78 is 5.63. The predicted molar refractivity (Wildman–Crippen MR) is 65.4 cm³/mol. The molecule has 3 rings (SSSR count). The molecule has 2 heteroatoms. The van der Waals surface area contributed by atoms with Gasteiger partial charge in [0.1, 0.15) is 12.4 Å². The van der Waals surface area contributed by atoms with E-state index in [0.717, 1.165) is 24.6 Å². The number of benzene rings is 2. The van der Waals surface area contributed by atoms with Crippen molar-refractivity contribution >= 4 is 11.4 Å². The molecule has 0 N–H and O–H groups in total. The van der Waals surface area contributed by atoms with Crippen molar-refractivity contribution < 1.29 is 4.74 Å². The molecular weight excluding hydrogens is 198 g/mol. The molecule has 80 valence electrons. The lowest BCUT2D eigenvalue weighted by molar-refractivity contribution is 0.314. The highest BCUT2D eigenvalue weighted by molar-refractivity contribution is 5.70. The fourth-order valence-electron chi connectivity index (χ4n) is 2.05. The van der Waals surface area contributed by atoms with Crippen molar-refractivity contribution in [3.05, 3.63) is 54.6 Å². The summed E-state index contributed by atoms with van der Waals surface area (Å²) in [5.74, 6) is 0.970. The molecule has 0 bridgehead atoms. The predicted octanol–water partition coefficient (Wildman–Crippen LogP) is 3.22. The van der Waals surface area contributed by atoms with Crippen molar-refractivity contribution in [1.29, 1.82) is 0 Å². The second-order valence-corrected chi connectivity index (χ2v) is 3.80. The lowest BCUT2D eigenvalue weighted by Gasteiger charge is -2.31. The highest BCUT2D eigenvalue weighted by Gasteiger charge is 2.18. The van der Waals surface area contributed by atoms with E-state index in [9.17, 15) is 0 Å². The van der Waals surface area contributed by atoms with Crippen molar-refractivity contribution in [2.24, 2.45) is 0 Å². The second-order valence-electron chi connectivity index (χ2n) is 3.80. The number of nitrogens with zero attached hydrogens (tertiary/aromatic N) is 1. The number of hydrogen-bond donors (Lipinski definition) is 0. The summed E-state index contributed by atoms with van der Waals surface area (Å²) >= 11 is 0. The number of anilines is 2. The number of fused-ring (bicyclic) bond motifs is 1. The van der Waals surface area contributed by atoms with Gasteiger partial charge in [-0.15, -0.1) is 0 Å². The molecular formula is C14H13NO. The minimum absolute atomic E-state index is 0.742. The zero-order valence-corrected chi connectivity index (χ0v) is 8.97. The third-order valence-electron chi connectivity index (χ3n) is 2.80. The van der Waals surface area contributed by atoms with Crippen LogP contribution in [-0.2, 0) is 0 Å². The maximum Gasteiger partial charge on any atom is 0.143 e. The van der Waals surface area contributed by atoms with E-state index in [0.29, 0.717) is 0 Å². The molecule has 0 fully saturated rings. The average molecular weight is 211 g/mol. The molecule has 1 heterocycles. The van der Waals surface area contributed by atoms with Crippen molar-refractivity contribution in [3.8, 4) is 5.75 Å². The normalized spacial score (nSPS) is 14.1. The fourth-order valence-corrected chi connectivity index (χ4v) is 2.05. The number of para-hydroxylation sites is 3. The summed E-state index contributed by atoms with van der Waals surface area (Å²) in [6.45, 7) is 1.65. The van der Waals surface area contributed by atoms with Gasteiger partial charge in [-0.1, -0.05) is 30.3 Å². The summed E-state index contributed by atoms with van der Waals surface area (Å²) in [5, 5.41) is 0. The van der Waals surface area contributed by atoms with E-state index in [1.54, 1.807) is 0 Å². The van der Waals surface area contributed by atoms with Gasteiger partial charge in [-0.3, -0.25) is 0 Å². The third kappa shape index (κ3) is 1.52. The lowest BCUT2D eigenvalue weighted by atomic mass is 10.2. The summed E-state index contributed by atoms with van der Waals surface area (Å²) in [6.07, 6.45) is 0. The largest absolute Gasteiger partial charge is 0.490 e. The van der Waals surface area contributed by atoms with Gasteiger partial charge in [-0.25, -0.2) is 0 Å². The van der Waals surface area contributed by atoms with E-state index in [-0.39, 0.29) is 0 Å². The van der Waals surface area contributed by atoms with E-state index >= 15 is 0 Å². The Morgan fingerprint density at radius 3 is 2.50 bits per heavy atom. The average Bonchev–Trinajstić information content (AvgIpc) is 2.39. The number of ether oxygens (including phenoxy) is 1. The van der Waals surface area contributed by atoms with Crippen LogP contribution >= 0.6 is 0 Å². The van der Waals surface area contributed by atoms with Gasteiger partial charge < -0.3 is 9.64 Å². The zero-order valence-electron chi connectivity index (χ0n) is 8.97. The van der Waals surface area contributed by atoms with E-state index in [1.807, 2.05) is 24.3 Å². The summed E-state index contributed by atoms with van der Waals surface area (Å²) in [7, 11) is 0. The quantitative estimate of drug-likeness (QED) is 0.718. The topological polar surface area (TPSA) is 12.5 Å². The van der Waals surface area contributed by atoms with Crippen LogP contribution in [0.1, 0.15) is 0 Å². The van der Waals surface area contributed by atoms with E-state index < -0.39 is 0 Å². The SMILES string of the molecule is c1ccc(N2CCOc3ccccc32)cc1. The lowest BCUT2D eigenvalue weighted by Crippen LogP contribution is -2.28. The molecule has 0 spiro atoms. The molecule has 0 amide bonds. The maximum atomic E-state index is 5.63. The van der Waals surface area contributed by atoms with Crippen molar-refractivity contribution in [1.82, 2.24) is 0 Å². The standard InChI is InChI=1S/C14H13NO/c1-2-6-12(7-3-1)15-10-11-16-14-9-5-4-8-13(14)15/h1-9H,10-11H2. The van der Waals surface area contributed by atoms with Crippen LogP contribution in [0.3, 0.4) is 0 Å². The second kappa shape index (κ2) is 3.89. The molecule has 0 unspecified atom stereocenters. The minimum atomic E-state index is 0.742. The molecule has 1 aliphatic rings. The smallest absolute Gasteiger partial charge is 0.143 e. The van der Waals surface area contributed by atoms with Crippen LogP contribution in [-0.4, -0.2) is 13.2 Å². The van der Waals surface area contributed by atoms with Crippen molar-refractivity contribution in [2.45, 2.75) is 0 Å². The van der Waals surface area contributed by atoms with Gasteiger partial charge in [-0.05, 0) is 24.3 Å². The molecule has 2 aromatic rings. The molecule has 0 atom stereocenters. The van der Waals surface area contributed by atoms with Crippen LogP contribution in [0.2, 0.25) is 0 Å². The molecule has 2 nitrogen and oxygen atoms in total. The first-order valence-corrected chi connectivity index (χ1v) is 5.49. The molecule has 1 aliphatic heterocycles. The van der Waals surface area contributed by atoms with Crippen molar-refractivity contribution in [3.63, 3.8) is 0 Å². The van der Waals surface area contributed by atoms with Gasteiger partial charge >= 0.3 is 0 Å². The van der Waals surface area contributed by atoms with Crippen LogP contribution in [0, 0.1) is 0 Å². The van der Waals surface area contributed by atoms with Gasteiger partial charge in [-0.2, -0.15) is 0 Å². The van der Waals surface area contributed by atoms with Crippen LogP contribution in [0.5, 0.6) is 5.75 Å². The molecule has 0 aliphatic carbocycles. The molecule has 0 saturated heterocycles. The highest BCUT2D eigenvalue weighted by Crippen LogP contribution is 2.35. The summed E-state index contributed by atoms with van der Waals surface area (Å²) in [4.78, 5) is 2.29. The molecule has 0 aromatic heterocycles. The van der Waals surface area contributed by atoms with Crippen LogP contribution in [0.25, 0.3) is 0 Å². The summed E-state index contributed by atoms with van der Waals surface area (Å²) in [6, 6.07) is 18.6. The molecule has 0 radical (unpaired) electrons. The van der Waals surface area contributed by atoms with Crippen molar-refractivity contribution in [2.75, 3.05) is 18.1 Å². The van der Waals surface area contributed by atoms with Gasteiger partial charge in [0.2, 0.25) is 0 Å². The van der Waals surface area contributed by atoms with Gasteiger partial charge in [0.15, 0.2) is 0 Å². The number of rotatable bonds is 1. The summed E-state index contributed by atoms with van der Waals surface area (Å²) in [5.41, 5.74) is 2.37.